The van der Waals surface area contributed by atoms with Gasteiger partial charge in [-0.2, -0.15) is 0 Å². The van der Waals surface area contributed by atoms with Gasteiger partial charge in [-0.15, -0.1) is 0 Å². The fraction of sp³-hybridized carbons (Fsp3) is 0.462. The average molecular weight is 299 g/mol. The normalized spacial score (nSPS) is 11.1. The lowest BCUT2D eigenvalue weighted by atomic mass is 10.3. The van der Waals surface area contributed by atoms with Crippen molar-refractivity contribution in [2.24, 2.45) is 0 Å². The fourth-order valence-corrected chi connectivity index (χ4v) is 2.67. The van der Waals surface area contributed by atoms with Crippen molar-refractivity contribution in [2.75, 3.05) is 25.0 Å². The van der Waals surface area contributed by atoms with E-state index in [0.717, 1.165) is 5.69 Å². The molecule has 0 saturated heterocycles. The van der Waals surface area contributed by atoms with Gasteiger partial charge in [-0.25, -0.2) is 13.1 Å². The minimum atomic E-state index is -3.41. The van der Waals surface area contributed by atoms with Gasteiger partial charge in [0.15, 0.2) is 0 Å². The second-order valence-electron chi connectivity index (χ2n) is 4.16. The molecule has 1 aromatic rings. The number of nitrogens with one attached hydrogen (secondary N) is 3. The topological polar surface area (TPSA) is 87.3 Å². The summed E-state index contributed by atoms with van der Waals surface area (Å²) in [4.78, 5) is 11.5. The van der Waals surface area contributed by atoms with Crippen LogP contribution in [0.4, 0.5) is 5.69 Å². The predicted molar refractivity (Wildman–Crippen MR) is 79.1 cm³/mol. The van der Waals surface area contributed by atoms with E-state index in [1.54, 1.807) is 19.1 Å². The number of benzene rings is 1. The monoisotopic (exact) mass is 299 g/mol. The number of anilines is 1. The van der Waals surface area contributed by atoms with Gasteiger partial charge in [0.25, 0.3) is 0 Å². The highest BCUT2D eigenvalue weighted by Gasteiger charge is 2.11. The first-order chi connectivity index (χ1) is 9.49. The van der Waals surface area contributed by atoms with Crippen LogP contribution in [0.1, 0.15) is 20.3 Å². The Kier molecular flexibility index (Phi) is 6.47. The Morgan fingerprint density at radius 1 is 1.10 bits per heavy atom. The smallest absolute Gasteiger partial charge is 0.240 e. The third-order valence-electron chi connectivity index (χ3n) is 2.55. The van der Waals surface area contributed by atoms with Crippen molar-refractivity contribution in [1.82, 2.24) is 10.0 Å². The van der Waals surface area contributed by atoms with Crippen molar-refractivity contribution in [3.63, 3.8) is 0 Å². The van der Waals surface area contributed by atoms with Gasteiger partial charge in [0.1, 0.15) is 0 Å². The zero-order valence-electron chi connectivity index (χ0n) is 11.8. The fourth-order valence-electron chi connectivity index (χ4n) is 1.63. The number of hydrogen-bond donors (Lipinski definition) is 3. The Balaban J connectivity index is 2.53. The van der Waals surface area contributed by atoms with Crippen LogP contribution in [-0.2, 0) is 14.8 Å². The summed E-state index contributed by atoms with van der Waals surface area (Å²) >= 11 is 0. The molecule has 0 heterocycles. The van der Waals surface area contributed by atoms with Crippen molar-refractivity contribution in [1.29, 1.82) is 0 Å². The Morgan fingerprint density at radius 2 is 1.75 bits per heavy atom. The highest BCUT2D eigenvalue weighted by atomic mass is 32.2. The van der Waals surface area contributed by atoms with E-state index in [-0.39, 0.29) is 10.8 Å². The van der Waals surface area contributed by atoms with Crippen LogP contribution in [-0.4, -0.2) is 34.0 Å². The Morgan fingerprint density at radius 3 is 2.30 bits per heavy atom. The number of carbonyl (C=O) groups excluding carboxylic acids is 1. The molecule has 3 N–H and O–H groups in total. The van der Waals surface area contributed by atoms with Crippen LogP contribution in [0.25, 0.3) is 0 Å². The molecule has 6 nitrogen and oxygen atoms in total. The van der Waals surface area contributed by atoms with E-state index in [4.69, 9.17) is 0 Å². The number of sulfonamides is 1. The van der Waals surface area contributed by atoms with Gasteiger partial charge < -0.3 is 10.6 Å². The molecule has 7 heteroatoms. The summed E-state index contributed by atoms with van der Waals surface area (Å²) in [6, 6.07) is 6.43. The molecule has 0 aliphatic heterocycles. The Bertz CT molecular complexity index is 526. The summed E-state index contributed by atoms with van der Waals surface area (Å²) in [5, 5.41) is 5.78. The van der Waals surface area contributed by atoms with E-state index < -0.39 is 10.0 Å². The van der Waals surface area contributed by atoms with Crippen LogP contribution in [0.2, 0.25) is 0 Å². The lowest BCUT2D eigenvalue weighted by Crippen LogP contribution is -2.24. The summed E-state index contributed by atoms with van der Waals surface area (Å²) in [5.74, 6) is -0.00802. The number of hydrogen-bond acceptors (Lipinski definition) is 4. The van der Waals surface area contributed by atoms with Gasteiger partial charge in [0.2, 0.25) is 15.9 Å². The molecule has 0 saturated carbocycles. The first kappa shape index (κ1) is 16.5. The third-order valence-corrected chi connectivity index (χ3v) is 4.12. The molecular weight excluding hydrogens is 278 g/mol. The molecule has 1 amide bonds. The van der Waals surface area contributed by atoms with Crippen LogP contribution >= 0.6 is 0 Å². The molecule has 0 atom stereocenters. The maximum absolute atomic E-state index is 11.7. The van der Waals surface area contributed by atoms with Gasteiger partial charge in [-0.3, -0.25) is 4.79 Å². The first-order valence-corrected chi connectivity index (χ1v) is 8.08. The molecule has 20 heavy (non-hydrogen) atoms. The van der Waals surface area contributed by atoms with Gasteiger partial charge in [-0.05, 0) is 31.2 Å². The van der Waals surface area contributed by atoms with Crippen LogP contribution < -0.4 is 15.4 Å². The summed E-state index contributed by atoms with van der Waals surface area (Å²) in [6.07, 6.45) is 0.380. The average Bonchev–Trinajstić information content (AvgIpc) is 2.39. The van der Waals surface area contributed by atoms with E-state index in [1.807, 2.05) is 6.92 Å². The zero-order chi connectivity index (χ0) is 15.0. The van der Waals surface area contributed by atoms with E-state index in [1.165, 1.54) is 12.1 Å². The molecule has 0 aliphatic rings. The molecule has 0 radical (unpaired) electrons. The zero-order valence-corrected chi connectivity index (χ0v) is 12.6. The summed E-state index contributed by atoms with van der Waals surface area (Å²) in [6.45, 7) is 5.08. The molecule has 1 aromatic carbocycles. The molecular formula is C13H21N3O3S. The van der Waals surface area contributed by atoms with Crippen molar-refractivity contribution in [2.45, 2.75) is 25.2 Å². The molecule has 0 spiro atoms. The van der Waals surface area contributed by atoms with Crippen LogP contribution in [0.3, 0.4) is 0 Å². The van der Waals surface area contributed by atoms with Gasteiger partial charge in [0, 0.05) is 31.7 Å². The molecule has 0 bridgehead atoms. The van der Waals surface area contributed by atoms with Crippen LogP contribution in [0.5, 0.6) is 0 Å². The number of rotatable bonds is 8. The highest BCUT2D eigenvalue weighted by molar-refractivity contribution is 7.89. The minimum absolute atomic E-state index is 0.00802. The molecule has 0 aromatic heterocycles. The molecule has 1 rings (SSSR count). The summed E-state index contributed by atoms with van der Waals surface area (Å²) < 4.78 is 25.9. The second kappa shape index (κ2) is 7.86. The second-order valence-corrected chi connectivity index (χ2v) is 5.92. The molecule has 0 unspecified atom stereocenters. The predicted octanol–water partition coefficient (Wildman–Crippen LogP) is 0.923. The lowest BCUT2D eigenvalue weighted by Gasteiger charge is -2.08. The van der Waals surface area contributed by atoms with Gasteiger partial charge in [0.05, 0.1) is 4.90 Å². The lowest BCUT2D eigenvalue weighted by molar-refractivity contribution is -0.120. The third kappa shape index (κ3) is 5.18. The van der Waals surface area contributed by atoms with E-state index >= 15 is 0 Å². The van der Waals surface area contributed by atoms with E-state index in [2.05, 4.69) is 15.4 Å². The highest BCUT2D eigenvalue weighted by Crippen LogP contribution is 2.13. The largest absolute Gasteiger partial charge is 0.385 e. The van der Waals surface area contributed by atoms with Crippen molar-refractivity contribution in [3.8, 4) is 0 Å². The van der Waals surface area contributed by atoms with Crippen molar-refractivity contribution >= 4 is 21.6 Å². The van der Waals surface area contributed by atoms with Gasteiger partial charge >= 0.3 is 0 Å². The standard InChI is InChI=1S/C13H21N3O3S/c1-3-14-13(17)9-10-15-11-5-7-12(8-6-11)20(18,19)16-4-2/h5-8,15-16H,3-4,9-10H2,1-2H3,(H,14,17). The minimum Gasteiger partial charge on any atom is -0.385 e. The number of carbonyl (C=O) groups is 1. The summed E-state index contributed by atoms with van der Waals surface area (Å²) in [7, 11) is -3.41. The molecule has 0 fully saturated rings. The van der Waals surface area contributed by atoms with Crippen LogP contribution in [0, 0.1) is 0 Å². The Labute approximate surface area is 120 Å². The maximum Gasteiger partial charge on any atom is 0.240 e. The summed E-state index contributed by atoms with van der Waals surface area (Å²) in [5.41, 5.74) is 0.782. The van der Waals surface area contributed by atoms with Crippen LogP contribution in [0.15, 0.2) is 29.2 Å². The van der Waals surface area contributed by atoms with E-state index in [0.29, 0.717) is 26.1 Å². The van der Waals surface area contributed by atoms with Crippen molar-refractivity contribution < 1.29 is 13.2 Å². The quantitative estimate of drug-likeness (QED) is 0.666. The van der Waals surface area contributed by atoms with E-state index in [9.17, 15) is 13.2 Å². The molecule has 112 valence electrons. The van der Waals surface area contributed by atoms with Gasteiger partial charge in [-0.1, -0.05) is 6.92 Å². The maximum atomic E-state index is 11.7. The number of amides is 1. The van der Waals surface area contributed by atoms with Crippen molar-refractivity contribution in [3.05, 3.63) is 24.3 Å². The SMILES string of the molecule is CCNC(=O)CCNc1ccc(S(=O)(=O)NCC)cc1. The Hall–Kier alpha value is -1.60. The molecule has 0 aliphatic carbocycles. The first-order valence-electron chi connectivity index (χ1n) is 6.60.